The van der Waals surface area contributed by atoms with Crippen molar-refractivity contribution in [2.45, 2.75) is 18.9 Å². The fraction of sp³-hybridized carbons (Fsp3) is 0.462. The molecule has 0 spiro atoms. The van der Waals surface area contributed by atoms with Crippen molar-refractivity contribution in [3.8, 4) is 5.75 Å². The first-order valence-corrected chi connectivity index (χ1v) is 6.61. The van der Waals surface area contributed by atoms with Gasteiger partial charge in [0.25, 0.3) is 0 Å². The molecule has 0 N–H and O–H groups in total. The summed E-state index contributed by atoms with van der Waals surface area (Å²) < 4.78 is 16.6. The number of hydrogen-bond acceptors (Lipinski definition) is 4. The lowest BCUT2D eigenvalue weighted by Crippen LogP contribution is -2.16. The number of ether oxygens (including phenoxy) is 3. The van der Waals surface area contributed by atoms with Gasteiger partial charge in [0.05, 0.1) is 18.8 Å². The van der Waals surface area contributed by atoms with Crippen LogP contribution in [0.4, 0.5) is 0 Å². The maximum Gasteiger partial charge on any atom is 0.338 e. The first-order valence-electron chi connectivity index (χ1n) is 5.82. The number of hydrogen-bond donors (Lipinski definition) is 0. The van der Waals surface area contributed by atoms with E-state index in [1.807, 2.05) is 6.07 Å². The standard InChI is InChI=1S/C13H15BrO4/c1-16-13(15)9-5-10(14)7-12(6-9)18-8-11-3-2-4-17-11/h5-7,11H,2-4,8H2,1H3/t11-/m0/s1. The Morgan fingerprint density at radius 3 is 3.00 bits per heavy atom. The summed E-state index contributed by atoms with van der Waals surface area (Å²) >= 11 is 3.34. The van der Waals surface area contributed by atoms with Crippen molar-refractivity contribution in [2.75, 3.05) is 20.3 Å². The molecule has 0 saturated carbocycles. The number of benzene rings is 1. The molecule has 0 unspecified atom stereocenters. The fourth-order valence-corrected chi connectivity index (χ4v) is 2.32. The smallest absolute Gasteiger partial charge is 0.338 e. The van der Waals surface area contributed by atoms with Gasteiger partial charge in [-0.1, -0.05) is 15.9 Å². The van der Waals surface area contributed by atoms with Gasteiger partial charge in [0.2, 0.25) is 0 Å². The average molecular weight is 315 g/mol. The summed E-state index contributed by atoms with van der Waals surface area (Å²) in [7, 11) is 1.36. The molecule has 98 valence electrons. The van der Waals surface area contributed by atoms with Crippen molar-refractivity contribution in [1.82, 2.24) is 0 Å². The molecule has 1 aliphatic heterocycles. The molecule has 0 radical (unpaired) electrons. The SMILES string of the molecule is COC(=O)c1cc(Br)cc(OC[C@@H]2CCCO2)c1. The molecule has 1 aromatic rings. The molecule has 0 aromatic heterocycles. The van der Waals surface area contributed by atoms with Crippen LogP contribution in [0.3, 0.4) is 0 Å². The van der Waals surface area contributed by atoms with Gasteiger partial charge in [-0.05, 0) is 31.0 Å². The van der Waals surface area contributed by atoms with Crippen molar-refractivity contribution in [3.05, 3.63) is 28.2 Å². The number of esters is 1. The van der Waals surface area contributed by atoms with Crippen molar-refractivity contribution in [2.24, 2.45) is 0 Å². The highest BCUT2D eigenvalue weighted by atomic mass is 79.9. The third-order valence-electron chi connectivity index (χ3n) is 2.75. The molecular weight excluding hydrogens is 300 g/mol. The second kappa shape index (κ2) is 6.20. The molecule has 18 heavy (non-hydrogen) atoms. The zero-order valence-corrected chi connectivity index (χ0v) is 11.7. The molecule has 0 amide bonds. The molecule has 1 aliphatic rings. The highest BCUT2D eigenvalue weighted by Gasteiger charge is 2.16. The van der Waals surface area contributed by atoms with Gasteiger partial charge in [0.1, 0.15) is 12.4 Å². The minimum atomic E-state index is -0.377. The van der Waals surface area contributed by atoms with E-state index in [1.54, 1.807) is 12.1 Å². The van der Waals surface area contributed by atoms with Crippen molar-refractivity contribution in [3.63, 3.8) is 0 Å². The van der Waals surface area contributed by atoms with Crippen LogP contribution in [-0.4, -0.2) is 32.4 Å². The number of methoxy groups -OCH3 is 1. The van der Waals surface area contributed by atoms with Crippen molar-refractivity contribution in [1.29, 1.82) is 0 Å². The summed E-state index contributed by atoms with van der Waals surface area (Å²) in [6, 6.07) is 5.19. The average Bonchev–Trinajstić information content (AvgIpc) is 2.88. The first kappa shape index (κ1) is 13.4. The van der Waals surface area contributed by atoms with E-state index in [0.717, 1.165) is 23.9 Å². The summed E-state index contributed by atoms with van der Waals surface area (Å²) in [5.74, 6) is 0.263. The summed E-state index contributed by atoms with van der Waals surface area (Å²) in [5.41, 5.74) is 0.467. The van der Waals surface area contributed by atoms with Crippen LogP contribution in [0.15, 0.2) is 22.7 Å². The van der Waals surface area contributed by atoms with E-state index in [9.17, 15) is 4.79 Å². The predicted molar refractivity (Wildman–Crippen MR) is 70.0 cm³/mol. The van der Waals surface area contributed by atoms with Gasteiger partial charge < -0.3 is 14.2 Å². The molecule has 1 aromatic carbocycles. The van der Waals surface area contributed by atoms with Gasteiger partial charge in [-0.3, -0.25) is 0 Å². The lowest BCUT2D eigenvalue weighted by atomic mass is 10.2. The number of carbonyl (C=O) groups is 1. The van der Waals surface area contributed by atoms with Gasteiger partial charge in [-0.25, -0.2) is 4.79 Å². The van der Waals surface area contributed by atoms with Crippen LogP contribution >= 0.6 is 15.9 Å². The molecule has 5 heteroatoms. The van der Waals surface area contributed by atoms with E-state index < -0.39 is 0 Å². The molecule has 2 rings (SSSR count). The maximum atomic E-state index is 11.5. The Morgan fingerprint density at radius 1 is 1.50 bits per heavy atom. The number of halogens is 1. The third kappa shape index (κ3) is 3.46. The van der Waals surface area contributed by atoms with Crippen molar-refractivity contribution < 1.29 is 19.0 Å². The fourth-order valence-electron chi connectivity index (χ4n) is 1.85. The predicted octanol–water partition coefficient (Wildman–Crippen LogP) is 2.79. The quantitative estimate of drug-likeness (QED) is 0.802. The Balaban J connectivity index is 2.02. The van der Waals surface area contributed by atoms with Gasteiger partial charge in [-0.2, -0.15) is 0 Å². The molecule has 1 saturated heterocycles. The molecule has 1 atom stereocenters. The number of rotatable bonds is 4. The van der Waals surface area contributed by atoms with Gasteiger partial charge >= 0.3 is 5.97 Å². The van der Waals surface area contributed by atoms with Crippen LogP contribution in [0.1, 0.15) is 23.2 Å². The Hall–Kier alpha value is -1.07. The largest absolute Gasteiger partial charge is 0.491 e. The zero-order valence-electron chi connectivity index (χ0n) is 10.1. The lowest BCUT2D eigenvalue weighted by molar-refractivity contribution is 0.0598. The van der Waals surface area contributed by atoms with E-state index in [-0.39, 0.29) is 12.1 Å². The van der Waals surface area contributed by atoms with Crippen LogP contribution in [0, 0.1) is 0 Å². The van der Waals surface area contributed by atoms with E-state index in [2.05, 4.69) is 20.7 Å². The van der Waals surface area contributed by atoms with E-state index in [1.165, 1.54) is 7.11 Å². The summed E-state index contributed by atoms with van der Waals surface area (Å²) in [5, 5.41) is 0. The van der Waals surface area contributed by atoms with E-state index in [4.69, 9.17) is 9.47 Å². The summed E-state index contributed by atoms with van der Waals surface area (Å²) in [6.45, 7) is 1.32. The maximum absolute atomic E-state index is 11.5. The monoisotopic (exact) mass is 314 g/mol. The van der Waals surface area contributed by atoms with Crippen LogP contribution in [0.5, 0.6) is 5.75 Å². The molecule has 0 aliphatic carbocycles. The molecule has 4 nitrogen and oxygen atoms in total. The Bertz CT molecular complexity index is 427. The van der Waals surface area contributed by atoms with Crippen LogP contribution < -0.4 is 4.74 Å². The summed E-state index contributed by atoms with van der Waals surface area (Å²) in [4.78, 5) is 11.5. The van der Waals surface area contributed by atoms with Gasteiger partial charge in [-0.15, -0.1) is 0 Å². The zero-order chi connectivity index (χ0) is 13.0. The van der Waals surface area contributed by atoms with Gasteiger partial charge in [0.15, 0.2) is 0 Å². The second-order valence-electron chi connectivity index (χ2n) is 4.11. The van der Waals surface area contributed by atoms with E-state index in [0.29, 0.717) is 17.9 Å². The third-order valence-corrected chi connectivity index (χ3v) is 3.21. The Morgan fingerprint density at radius 2 is 2.33 bits per heavy atom. The van der Waals surface area contributed by atoms with Gasteiger partial charge in [0, 0.05) is 11.1 Å². The summed E-state index contributed by atoms with van der Waals surface area (Å²) in [6.07, 6.45) is 2.27. The molecule has 0 bridgehead atoms. The Labute approximate surface area is 114 Å². The molecule has 1 heterocycles. The molecule has 1 fully saturated rings. The molecular formula is C13H15BrO4. The second-order valence-corrected chi connectivity index (χ2v) is 5.03. The minimum Gasteiger partial charge on any atom is -0.491 e. The van der Waals surface area contributed by atoms with Crippen molar-refractivity contribution >= 4 is 21.9 Å². The van der Waals surface area contributed by atoms with E-state index >= 15 is 0 Å². The minimum absolute atomic E-state index is 0.158. The normalized spacial score (nSPS) is 18.7. The van der Waals surface area contributed by atoms with Crippen LogP contribution in [0.2, 0.25) is 0 Å². The topological polar surface area (TPSA) is 44.8 Å². The number of carbonyl (C=O) groups excluding carboxylic acids is 1. The first-order chi connectivity index (χ1) is 8.69. The van der Waals surface area contributed by atoms with Crippen LogP contribution in [-0.2, 0) is 9.47 Å². The highest BCUT2D eigenvalue weighted by molar-refractivity contribution is 9.10. The van der Waals surface area contributed by atoms with Crippen LogP contribution in [0.25, 0.3) is 0 Å². The highest BCUT2D eigenvalue weighted by Crippen LogP contribution is 2.23. The Kier molecular flexibility index (Phi) is 4.60. The lowest BCUT2D eigenvalue weighted by Gasteiger charge is -2.12.